The minimum atomic E-state index is 0.556. The quantitative estimate of drug-likeness (QED) is 0.396. The Morgan fingerprint density at radius 1 is 1.80 bits per heavy atom. The molecule has 0 rings (SSSR count). The molecule has 0 aliphatic rings. The molecule has 0 nitrogen and oxygen atoms in total. The lowest BCUT2D eigenvalue weighted by Crippen LogP contribution is -1.50. The molecule has 0 unspecified atom stereocenters. The molecule has 0 aromatic rings. The van der Waals surface area contributed by atoms with E-state index in [4.69, 9.17) is 0 Å². The van der Waals surface area contributed by atoms with Crippen molar-refractivity contribution in [1.82, 2.24) is 0 Å². The molecule has 0 amide bonds. The van der Waals surface area contributed by atoms with Crippen LogP contribution in [-0.2, 0) is 0 Å². The SMILES string of the molecule is BCC=CF. The average molecular weight is 71.9 g/mol. The second kappa shape index (κ2) is 3.73. The van der Waals surface area contributed by atoms with Gasteiger partial charge in [0, 0.05) is 0 Å². The van der Waals surface area contributed by atoms with Crippen LogP contribution < -0.4 is 0 Å². The molecule has 0 saturated heterocycles. The van der Waals surface area contributed by atoms with Crippen molar-refractivity contribution in [2.75, 3.05) is 0 Å². The van der Waals surface area contributed by atoms with Gasteiger partial charge in [0.05, 0.1) is 6.33 Å². The number of hydrogen-bond donors (Lipinski definition) is 0. The van der Waals surface area contributed by atoms with Crippen LogP contribution in [0.2, 0.25) is 6.32 Å². The maximum Gasteiger partial charge on any atom is 0.106 e. The van der Waals surface area contributed by atoms with Crippen LogP contribution in [0.1, 0.15) is 0 Å². The fourth-order valence-corrected chi connectivity index (χ4v) is 0.0891. The molecule has 5 heavy (non-hydrogen) atoms. The molecule has 0 spiro atoms. The average Bonchev–Trinajstić information content (AvgIpc) is 1.41. The molecule has 0 aromatic heterocycles. The Labute approximate surface area is 32.1 Å². The van der Waals surface area contributed by atoms with Crippen LogP contribution in [0.4, 0.5) is 4.39 Å². The van der Waals surface area contributed by atoms with E-state index in [2.05, 4.69) is 0 Å². The van der Waals surface area contributed by atoms with Crippen molar-refractivity contribution >= 4 is 7.85 Å². The van der Waals surface area contributed by atoms with E-state index in [9.17, 15) is 4.39 Å². The molecule has 0 aliphatic carbocycles. The Kier molecular flexibility index (Phi) is 3.54. The molecule has 0 atom stereocenters. The fourth-order valence-electron chi connectivity index (χ4n) is 0.0891. The maximum atomic E-state index is 10.8. The highest BCUT2D eigenvalue weighted by atomic mass is 19.1. The maximum absolute atomic E-state index is 10.8. The van der Waals surface area contributed by atoms with E-state index in [-0.39, 0.29) is 0 Å². The molecule has 0 bridgehead atoms. The summed E-state index contributed by atoms with van der Waals surface area (Å²) in [6.07, 6.45) is 2.80. The first kappa shape index (κ1) is 4.73. The van der Waals surface area contributed by atoms with E-state index < -0.39 is 0 Å². The Morgan fingerprint density at radius 3 is 2.40 bits per heavy atom. The summed E-state index contributed by atoms with van der Waals surface area (Å²) in [4.78, 5) is 0. The molecule has 0 aromatic carbocycles. The third-order valence-corrected chi connectivity index (χ3v) is 0.325. The van der Waals surface area contributed by atoms with Gasteiger partial charge in [-0.1, -0.05) is 12.4 Å². The lowest BCUT2D eigenvalue weighted by Gasteiger charge is -1.61. The van der Waals surface area contributed by atoms with Gasteiger partial charge in [0.25, 0.3) is 0 Å². The van der Waals surface area contributed by atoms with Crippen LogP contribution >= 0.6 is 0 Å². The molecular weight excluding hydrogens is 65.8 g/mol. The standard InChI is InChI=1S/C3H6BF/c4-2-1-3-5/h1,3H,2,4H2. The van der Waals surface area contributed by atoms with Crippen LogP contribution in [0.15, 0.2) is 12.4 Å². The predicted molar refractivity (Wildman–Crippen MR) is 23.6 cm³/mol. The lowest BCUT2D eigenvalue weighted by atomic mass is 10.1. The zero-order valence-corrected chi connectivity index (χ0v) is 3.24. The van der Waals surface area contributed by atoms with Gasteiger partial charge in [-0.25, -0.2) is 4.39 Å². The van der Waals surface area contributed by atoms with Crippen LogP contribution in [0, 0.1) is 0 Å². The first-order chi connectivity index (χ1) is 2.41. The fraction of sp³-hybridized carbons (Fsp3) is 0.333. The molecule has 0 fully saturated rings. The number of halogens is 1. The summed E-state index contributed by atoms with van der Waals surface area (Å²) >= 11 is 0. The van der Waals surface area contributed by atoms with Gasteiger partial charge in [0.15, 0.2) is 0 Å². The van der Waals surface area contributed by atoms with Gasteiger partial charge in [-0.05, 0) is 0 Å². The topological polar surface area (TPSA) is 0 Å². The summed E-state index contributed by atoms with van der Waals surface area (Å²) in [6, 6.07) is 0. The van der Waals surface area contributed by atoms with Crippen LogP contribution in [0.25, 0.3) is 0 Å². The lowest BCUT2D eigenvalue weighted by molar-refractivity contribution is 0.719. The van der Waals surface area contributed by atoms with Gasteiger partial charge < -0.3 is 0 Å². The van der Waals surface area contributed by atoms with Gasteiger partial charge in [-0.2, -0.15) is 0 Å². The van der Waals surface area contributed by atoms with Gasteiger partial charge in [-0.15, -0.1) is 0 Å². The molecule has 0 saturated carbocycles. The molecule has 2 heteroatoms. The van der Waals surface area contributed by atoms with Gasteiger partial charge >= 0.3 is 0 Å². The van der Waals surface area contributed by atoms with E-state index in [1.165, 1.54) is 6.08 Å². The number of allylic oxidation sites excluding steroid dienone is 1. The summed E-state index contributed by atoms with van der Waals surface area (Å²) in [7, 11) is 1.88. The summed E-state index contributed by atoms with van der Waals surface area (Å²) in [5.74, 6) is 0. The zero-order valence-electron chi connectivity index (χ0n) is 3.24. The first-order valence-electron chi connectivity index (χ1n) is 1.67. The first-order valence-corrected chi connectivity index (χ1v) is 1.67. The van der Waals surface area contributed by atoms with Crippen molar-refractivity contribution in [1.29, 1.82) is 0 Å². The Balaban J connectivity index is 2.62. The van der Waals surface area contributed by atoms with E-state index >= 15 is 0 Å². The van der Waals surface area contributed by atoms with Crippen LogP contribution in [-0.4, -0.2) is 7.85 Å². The smallest absolute Gasteiger partial charge is 0.106 e. The minimum absolute atomic E-state index is 0.556. The monoisotopic (exact) mass is 72.1 g/mol. The highest BCUT2D eigenvalue weighted by Crippen LogP contribution is 1.73. The van der Waals surface area contributed by atoms with E-state index in [1.807, 2.05) is 7.85 Å². The number of hydrogen-bond acceptors (Lipinski definition) is 0. The number of rotatable bonds is 1. The Morgan fingerprint density at radius 2 is 2.40 bits per heavy atom. The second-order valence-corrected chi connectivity index (χ2v) is 0.770. The van der Waals surface area contributed by atoms with Crippen molar-refractivity contribution in [3.8, 4) is 0 Å². The summed E-state index contributed by atoms with van der Waals surface area (Å²) in [6.45, 7) is 0. The highest BCUT2D eigenvalue weighted by Gasteiger charge is 1.56. The molecule has 0 radical (unpaired) electrons. The summed E-state index contributed by atoms with van der Waals surface area (Å²) < 4.78 is 10.8. The molecule has 0 aliphatic heterocycles. The largest absolute Gasteiger partial charge is 0.216 e. The molecular formula is C3H6BF. The predicted octanol–water partition coefficient (Wildman–Crippen LogP) is 0.521. The molecule has 0 heterocycles. The van der Waals surface area contributed by atoms with Crippen molar-refractivity contribution in [3.05, 3.63) is 12.4 Å². The van der Waals surface area contributed by atoms with E-state index in [1.54, 1.807) is 0 Å². The molecule has 0 N–H and O–H groups in total. The van der Waals surface area contributed by atoms with Gasteiger partial charge in [0.1, 0.15) is 7.85 Å². The normalized spacial score (nSPS) is 9.80. The van der Waals surface area contributed by atoms with E-state index in [0.717, 1.165) is 6.32 Å². The van der Waals surface area contributed by atoms with Crippen LogP contribution in [0.3, 0.4) is 0 Å². The van der Waals surface area contributed by atoms with Gasteiger partial charge in [-0.3, -0.25) is 0 Å². The zero-order chi connectivity index (χ0) is 4.12. The molecule has 28 valence electrons. The van der Waals surface area contributed by atoms with Crippen molar-refractivity contribution in [2.24, 2.45) is 0 Å². The van der Waals surface area contributed by atoms with E-state index in [0.29, 0.717) is 6.33 Å². The van der Waals surface area contributed by atoms with Gasteiger partial charge in [0.2, 0.25) is 0 Å². The third-order valence-electron chi connectivity index (χ3n) is 0.325. The third kappa shape index (κ3) is 3.73. The second-order valence-electron chi connectivity index (χ2n) is 0.770. The van der Waals surface area contributed by atoms with Crippen molar-refractivity contribution < 1.29 is 4.39 Å². The summed E-state index contributed by atoms with van der Waals surface area (Å²) in [5.41, 5.74) is 0. The summed E-state index contributed by atoms with van der Waals surface area (Å²) in [5, 5.41) is 0. The minimum Gasteiger partial charge on any atom is -0.216 e. The van der Waals surface area contributed by atoms with Crippen molar-refractivity contribution in [3.63, 3.8) is 0 Å². The highest BCUT2D eigenvalue weighted by molar-refractivity contribution is 6.09. The Hall–Kier alpha value is -0.265. The van der Waals surface area contributed by atoms with Crippen LogP contribution in [0.5, 0.6) is 0 Å². The Bertz CT molecular complexity index is 33.9. The van der Waals surface area contributed by atoms with Crippen molar-refractivity contribution in [2.45, 2.75) is 6.32 Å².